The number of nitrogens with zero attached hydrogens (tertiary/aromatic N) is 1. The van der Waals surface area contributed by atoms with Crippen molar-refractivity contribution < 1.29 is 9.18 Å². The van der Waals surface area contributed by atoms with Gasteiger partial charge in [0.1, 0.15) is 5.82 Å². The highest BCUT2D eigenvalue weighted by Gasteiger charge is 2.14. The molecule has 6 heteroatoms. The lowest BCUT2D eigenvalue weighted by molar-refractivity contribution is 0.0947. The van der Waals surface area contributed by atoms with Crippen LogP contribution in [0.15, 0.2) is 29.8 Å². The Hall–Kier alpha value is -1.46. The van der Waals surface area contributed by atoms with Gasteiger partial charge in [-0.15, -0.1) is 11.3 Å². The minimum atomic E-state index is -0.580. The maximum absolute atomic E-state index is 13.5. The highest BCUT2D eigenvalue weighted by molar-refractivity contribution is 7.09. The molecule has 19 heavy (non-hydrogen) atoms. The predicted octanol–water partition coefficient (Wildman–Crippen LogP) is 3.47. The molecule has 100 valence electrons. The summed E-state index contributed by atoms with van der Waals surface area (Å²) in [6.45, 7) is 2.35. The quantitative estimate of drug-likeness (QED) is 0.939. The molecule has 0 fully saturated rings. The van der Waals surface area contributed by atoms with Crippen LogP contribution < -0.4 is 5.32 Å². The van der Waals surface area contributed by atoms with Crippen LogP contribution in [0.5, 0.6) is 0 Å². The number of hydrogen-bond acceptors (Lipinski definition) is 3. The first-order valence-corrected chi connectivity index (χ1v) is 6.96. The SMILES string of the molecule is CC(CNC(=O)c1cc(Cl)ccc1F)c1nccs1. The predicted molar refractivity (Wildman–Crippen MR) is 74.3 cm³/mol. The molecule has 1 aromatic carbocycles. The van der Waals surface area contributed by atoms with Gasteiger partial charge >= 0.3 is 0 Å². The van der Waals surface area contributed by atoms with Gasteiger partial charge < -0.3 is 5.32 Å². The summed E-state index contributed by atoms with van der Waals surface area (Å²) in [7, 11) is 0. The van der Waals surface area contributed by atoms with Gasteiger partial charge in [0.05, 0.1) is 10.6 Å². The number of carbonyl (C=O) groups excluding carboxylic acids is 1. The average Bonchev–Trinajstić information content (AvgIpc) is 2.92. The van der Waals surface area contributed by atoms with E-state index in [1.54, 1.807) is 6.20 Å². The summed E-state index contributed by atoms with van der Waals surface area (Å²) in [5.74, 6) is -0.960. The molecule has 1 atom stereocenters. The molecule has 0 aliphatic carbocycles. The topological polar surface area (TPSA) is 42.0 Å². The van der Waals surface area contributed by atoms with E-state index in [4.69, 9.17) is 11.6 Å². The van der Waals surface area contributed by atoms with Gasteiger partial charge in [0.2, 0.25) is 0 Å². The van der Waals surface area contributed by atoms with Crippen LogP contribution in [0.3, 0.4) is 0 Å². The van der Waals surface area contributed by atoms with Crippen molar-refractivity contribution in [3.8, 4) is 0 Å². The van der Waals surface area contributed by atoms with Gasteiger partial charge in [0.25, 0.3) is 5.91 Å². The van der Waals surface area contributed by atoms with E-state index in [0.717, 1.165) is 5.01 Å². The second-order valence-electron chi connectivity index (χ2n) is 4.11. The number of hydrogen-bond donors (Lipinski definition) is 1. The molecule has 0 aliphatic rings. The van der Waals surface area contributed by atoms with Crippen molar-refractivity contribution in [2.75, 3.05) is 6.54 Å². The zero-order valence-corrected chi connectivity index (χ0v) is 11.8. The summed E-state index contributed by atoms with van der Waals surface area (Å²) in [6, 6.07) is 3.91. The highest BCUT2D eigenvalue weighted by Crippen LogP contribution is 2.18. The third-order valence-electron chi connectivity index (χ3n) is 2.61. The number of rotatable bonds is 4. The first-order chi connectivity index (χ1) is 9.08. The Balaban J connectivity index is 2.00. The van der Waals surface area contributed by atoms with Crippen molar-refractivity contribution in [2.45, 2.75) is 12.8 Å². The van der Waals surface area contributed by atoms with E-state index >= 15 is 0 Å². The van der Waals surface area contributed by atoms with Gasteiger partial charge in [-0.05, 0) is 18.2 Å². The van der Waals surface area contributed by atoms with Crippen molar-refractivity contribution in [2.24, 2.45) is 0 Å². The zero-order valence-electron chi connectivity index (χ0n) is 10.2. The van der Waals surface area contributed by atoms with E-state index < -0.39 is 11.7 Å². The van der Waals surface area contributed by atoms with Crippen LogP contribution in [0.1, 0.15) is 28.2 Å². The third kappa shape index (κ3) is 3.52. The molecule has 0 aliphatic heterocycles. The number of amides is 1. The minimum absolute atomic E-state index is 0.0427. The molecular weight excluding hydrogens is 287 g/mol. The van der Waals surface area contributed by atoms with Gasteiger partial charge in [-0.3, -0.25) is 4.79 Å². The summed E-state index contributed by atoms with van der Waals surface area (Å²) < 4.78 is 13.5. The van der Waals surface area contributed by atoms with Gasteiger partial charge in [-0.25, -0.2) is 9.37 Å². The van der Waals surface area contributed by atoms with Crippen LogP contribution in [-0.2, 0) is 0 Å². The monoisotopic (exact) mass is 298 g/mol. The first-order valence-electron chi connectivity index (χ1n) is 5.70. The van der Waals surface area contributed by atoms with Crippen LogP contribution in [0.2, 0.25) is 5.02 Å². The fourth-order valence-electron chi connectivity index (χ4n) is 1.58. The summed E-state index contributed by atoms with van der Waals surface area (Å²) in [6.07, 6.45) is 1.72. The lowest BCUT2D eigenvalue weighted by Crippen LogP contribution is -2.28. The smallest absolute Gasteiger partial charge is 0.254 e. The maximum Gasteiger partial charge on any atom is 0.254 e. The van der Waals surface area contributed by atoms with Crippen molar-refractivity contribution in [1.29, 1.82) is 0 Å². The number of carbonyl (C=O) groups is 1. The zero-order chi connectivity index (χ0) is 13.8. The van der Waals surface area contributed by atoms with E-state index in [2.05, 4.69) is 10.3 Å². The van der Waals surface area contributed by atoms with Crippen LogP contribution in [0.4, 0.5) is 4.39 Å². The molecule has 3 nitrogen and oxygen atoms in total. The van der Waals surface area contributed by atoms with E-state index in [1.807, 2.05) is 12.3 Å². The van der Waals surface area contributed by atoms with Crippen molar-refractivity contribution in [3.63, 3.8) is 0 Å². The second kappa shape index (κ2) is 6.12. The molecule has 0 saturated heterocycles. The highest BCUT2D eigenvalue weighted by atomic mass is 35.5. The lowest BCUT2D eigenvalue weighted by Gasteiger charge is -2.10. The van der Waals surface area contributed by atoms with Crippen molar-refractivity contribution in [3.05, 3.63) is 51.2 Å². The molecule has 0 spiro atoms. The normalized spacial score (nSPS) is 12.2. The summed E-state index contributed by atoms with van der Waals surface area (Å²) in [5, 5.41) is 5.83. The molecule has 1 amide bonds. The third-order valence-corrected chi connectivity index (χ3v) is 3.86. The van der Waals surface area contributed by atoms with Gasteiger partial charge in [0.15, 0.2) is 0 Å². The second-order valence-corrected chi connectivity index (χ2v) is 5.47. The Morgan fingerprint density at radius 2 is 2.37 bits per heavy atom. The minimum Gasteiger partial charge on any atom is -0.351 e. The van der Waals surface area contributed by atoms with Gasteiger partial charge in [-0.1, -0.05) is 18.5 Å². The standard InChI is InChI=1S/C13H12ClFN2OS/c1-8(13-16-4-5-19-13)7-17-12(18)10-6-9(14)2-3-11(10)15/h2-6,8H,7H2,1H3,(H,17,18). The summed E-state index contributed by atoms with van der Waals surface area (Å²) in [4.78, 5) is 16.0. The number of nitrogens with one attached hydrogen (secondary N) is 1. The number of aromatic nitrogens is 1. The lowest BCUT2D eigenvalue weighted by atomic mass is 10.1. The Morgan fingerprint density at radius 3 is 3.05 bits per heavy atom. The van der Waals surface area contributed by atoms with E-state index in [-0.39, 0.29) is 11.5 Å². The van der Waals surface area contributed by atoms with Crippen LogP contribution in [-0.4, -0.2) is 17.4 Å². The number of halogens is 2. The molecule has 1 aromatic heterocycles. The molecular formula is C13H12ClFN2OS. The Morgan fingerprint density at radius 1 is 1.58 bits per heavy atom. The average molecular weight is 299 g/mol. The van der Waals surface area contributed by atoms with Gasteiger partial charge in [0, 0.05) is 29.1 Å². The molecule has 1 heterocycles. The van der Waals surface area contributed by atoms with Crippen LogP contribution in [0, 0.1) is 5.82 Å². The molecule has 1 unspecified atom stereocenters. The van der Waals surface area contributed by atoms with E-state index in [1.165, 1.54) is 29.5 Å². The van der Waals surface area contributed by atoms with E-state index in [0.29, 0.717) is 11.6 Å². The Labute approximate surface area is 119 Å². The van der Waals surface area contributed by atoms with Crippen LogP contribution in [0.25, 0.3) is 0 Å². The fraction of sp³-hybridized carbons (Fsp3) is 0.231. The Bertz CT molecular complexity index is 574. The molecule has 0 radical (unpaired) electrons. The first kappa shape index (κ1) is 14.0. The summed E-state index contributed by atoms with van der Waals surface area (Å²) in [5.41, 5.74) is -0.0427. The van der Waals surface area contributed by atoms with Crippen LogP contribution >= 0.6 is 22.9 Å². The molecule has 2 rings (SSSR count). The van der Waals surface area contributed by atoms with Gasteiger partial charge in [-0.2, -0.15) is 0 Å². The van der Waals surface area contributed by atoms with Crippen molar-refractivity contribution in [1.82, 2.24) is 10.3 Å². The van der Waals surface area contributed by atoms with E-state index in [9.17, 15) is 9.18 Å². The largest absolute Gasteiger partial charge is 0.351 e. The fourth-order valence-corrected chi connectivity index (χ4v) is 2.45. The Kier molecular flexibility index (Phi) is 4.50. The van der Waals surface area contributed by atoms with Crippen molar-refractivity contribution >= 4 is 28.8 Å². The summed E-state index contributed by atoms with van der Waals surface area (Å²) >= 11 is 7.28. The molecule has 0 saturated carbocycles. The molecule has 2 aromatic rings. The maximum atomic E-state index is 13.5. The molecule has 1 N–H and O–H groups in total. The molecule has 0 bridgehead atoms. The number of thiazole rings is 1. The number of benzene rings is 1.